The first-order chi connectivity index (χ1) is 8.97. The number of hydrogen-bond acceptors (Lipinski definition) is 6. The number of aromatic hydroxyl groups is 2. The number of phenols is 2. The highest BCUT2D eigenvalue weighted by Crippen LogP contribution is 2.25. The Morgan fingerprint density at radius 2 is 1.89 bits per heavy atom. The average molecular weight is 269 g/mol. The van der Waals surface area contributed by atoms with Crippen LogP contribution in [0.15, 0.2) is 18.2 Å². The molecule has 0 bridgehead atoms. The van der Waals surface area contributed by atoms with E-state index in [1.54, 1.807) is 0 Å². The number of carbonyl (C=O) groups excluding carboxylic acids is 2. The van der Waals surface area contributed by atoms with E-state index in [0.29, 0.717) is 5.56 Å². The van der Waals surface area contributed by atoms with Crippen molar-refractivity contribution in [3.8, 4) is 11.5 Å². The summed E-state index contributed by atoms with van der Waals surface area (Å²) in [6.07, 6.45) is -0.672. The van der Waals surface area contributed by atoms with E-state index in [1.165, 1.54) is 32.4 Å². The molecule has 1 aromatic carbocycles. The second-order valence-corrected chi connectivity index (χ2v) is 3.74. The van der Waals surface area contributed by atoms with Crippen molar-refractivity contribution in [3.05, 3.63) is 23.8 Å². The molecule has 19 heavy (non-hydrogen) atoms. The van der Waals surface area contributed by atoms with Crippen molar-refractivity contribution in [3.63, 3.8) is 0 Å². The van der Waals surface area contributed by atoms with Crippen LogP contribution >= 0.6 is 0 Å². The Morgan fingerprint density at radius 3 is 2.42 bits per heavy atom. The van der Waals surface area contributed by atoms with Crippen LogP contribution in [0.4, 0.5) is 4.79 Å². The summed E-state index contributed by atoms with van der Waals surface area (Å²) < 4.78 is 8.97. The minimum Gasteiger partial charge on any atom is -0.504 e. The monoisotopic (exact) mass is 269 g/mol. The molecule has 0 aromatic heterocycles. The van der Waals surface area contributed by atoms with Crippen molar-refractivity contribution < 1.29 is 29.3 Å². The number of rotatable bonds is 4. The Morgan fingerprint density at radius 1 is 1.21 bits per heavy atom. The molecule has 0 aliphatic rings. The zero-order valence-electron chi connectivity index (χ0n) is 10.5. The van der Waals surface area contributed by atoms with Crippen molar-refractivity contribution >= 4 is 12.1 Å². The molecule has 1 rings (SSSR count). The number of alkyl carbamates (subject to hydrolysis) is 1. The molecule has 1 amide bonds. The molecule has 0 aliphatic carbocycles. The smallest absolute Gasteiger partial charge is 0.407 e. The fourth-order valence-electron chi connectivity index (χ4n) is 1.47. The van der Waals surface area contributed by atoms with E-state index in [9.17, 15) is 19.8 Å². The molecule has 7 nitrogen and oxygen atoms in total. The minimum absolute atomic E-state index is 0.0929. The van der Waals surface area contributed by atoms with Gasteiger partial charge in [-0.3, -0.25) is 0 Å². The second-order valence-electron chi connectivity index (χ2n) is 3.74. The lowest BCUT2D eigenvalue weighted by Gasteiger charge is -2.15. The summed E-state index contributed by atoms with van der Waals surface area (Å²) in [6.45, 7) is 0. The molecule has 0 saturated heterocycles. The highest BCUT2D eigenvalue weighted by atomic mass is 16.5. The highest BCUT2D eigenvalue weighted by molar-refractivity contribution is 5.81. The third kappa shape index (κ3) is 4.06. The fraction of sp³-hybridized carbons (Fsp3) is 0.333. The van der Waals surface area contributed by atoms with E-state index >= 15 is 0 Å². The van der Waals surface area contributed by atoms with Gasteiger partial charge in [-0.05, 0) is 17.7 Å². The van der Waals surface area contributed by atoms with E-state index in [-0.39, 0.29) is 17.9 Å². The number of benzene rings is 1. The molecule has 1 aromatic rings. The SMILES string of the molecule is COC(=O)N[C@H](Cc1ccc(O)c(O)c1)C(=O)OC. The molecule has 0 radical (unpaired) electrons. The van der Waals surface area contributed by atoms with Gasteiger partial charge in [-0.2, -0.15) is 0 Å². The van der Waals surface area contributed by atoms with Gasteiger partial charge in [0.25, 0.3) is 0 Å². The Hall–Kier alpha value is -2.44. The summed E-state index contributed by atoms with van der Waals surface area (Å²) in [4.78, 5) is 22.6. The van der Waals surface area contributed by atoms with Crippen LogP contribution in [0.25, 0.3) is 0 Å². The maximum Gasteiger partial charge on any atom is 0.407 e. The number of phenolic OH excluding ortho intramolecular Hbond substituents is 2. The Kier molecular flexibility index (Phi) is 4.99. The topological polar surface area (TPSA) is 105 Å². The molecule has 0 fully saturated rings. The standard InChI is InChI=1S/C12H15NO6/c1-18-11(16)8(13-12(17)19-2)5-7-3-4-9(14)10(15)6-7/h3-4,6,8,14-15H,5H2,1-2H3,(H,13,17)/t8-/m1/s1. The van der Waals surface area contributed by atoms with Crippen molar-refractivity contribution in [2.24, 2.45) is 0 Å². The third-order valence-electron chi connectivity index (χ3n) is 2.44. The van der Waals surface area contributed by atoms with Crippen LogP contribution in [0, 0.1) is 0 Å². The largest absolute Gasteiger partial charge is 0.504 e. The van der Waals surface area contributed by atoms with E-state index < -0.39 is 18.1 Å². The Bertz CT molecular complexity index is 473. The maximum atomic E-state index is 11.5. The Balaban J connectivity index is 2.84. The van der Waals surface area contributed by atoms with Gasteiger partial charge < -0.3 is 25.0 Å². The number of methoxy groups -OCH3 is 2. The maximum absolute atomic E-state index is 11.5. The summed E-state index contributed by atoms with van der Waals surface area (Å²) in [7, 11) is 2.37. The van der Waals surface area contributed by atoms with Crippen molar-refractivity contribution in [2.75, 3.05) is 14.2 Å². The molecule has 104 valence electrons. The van der Waals surface area contributed by atoms with E-state index in [2.05, 4.69) is 14.8 Å². The van der Waals surface area contributed by atoms with Gasteiger partial charge in [0, 0.05) is 6.42 Å². The van der Waals surface area contributed by atoms with Crippen LogP contribution in [0.3, 0.4) is 0 Å². The molecular formula is C12H15NO6. The fourth-order valence-corrected chi connectivity index (χ4v) is 1.47. The molecule has 0 spiro atoms. The first kappa shape index (κ1) is 14.6. The lowest BCUT2D eigenvalue weighted by atomic mass is 10.1. The molecule has 1 atom stereocenters. The number of amides is 1. The lowest BCUT2D eigenvalue weighted by Crippen LogP contribution is -2.42. The molecule has 0 saturated carbocycles. The van der Waals surface area contributed by atoms with Gasteiger partial charge in [0.2, 0.25) is 0 Å². The van der Waals surface area contributed by atoms with Gasteiger partial charge in [0.05, 0.1) is 14.2 Å². The van der Waals surface area contributed by atoms with Crippen LogP contribution < -0.4 is 5.32 Å². The third-order valence-corrected chi connectivity index (χ3v) is 2.44. The zero-order valence-corrected chi connectivity index (χ0v) is 10.5. The van der Waals surface area contributed by atoms with Gasteiger partial charge in [-0.1, -0.05) is 6.07 Å². The first-order valence-corrected chi connectivity index (χ1v) is 5.41. The van der Waals surface area contributed by atoms with Gasteiger partial charge in [-0.15, -0.1) is 0 Å². The summed E-state index contributed by atoms with van der Waals surface area (Å²) in [6, 6.07) is 3.16. The quantitative estimate of drug-likeness (QED) is 0.544. The summed E-state index contributed by atoms with van der Waals surface area (Å²) in [5.41, 5.74) is 0.544. The van der Waals surface area contributed by atoms with Crippen molar-refractivity contribution in [1.82, 2.24) is 5.32 Å². The average Bonchev–Trinajstić information content (AvgIpc) is 2.41. The Labute approximate surface area is 109 Å². The predicted molar refractivity (Wildman–Crippen MR) is 64.8 cm³/mol. The van der Waals surface area contributed by atoms with Gasteiger partial charge in [0.15, 0.2) is 11.5 Å². The molecule has 3 N–H and O–H groups in total. The number of ether oxygens (including phenoxy) is 2. The lowest BCUT2D eigenvalue weighted by molar-refractivity contribution is -0.142. The van der Waals surface area contributed by atoms with Gasteiger partial charge in [-0.25, -0.2) is 9.59 Å². The second kappa shape index (κ2) is 6.48. The van der Waals surface area contributed by atoms with Crippen molar-refractivity contribution in [2.45, 2.75) is 12.5 Å². The van der Waals surface area contributed by atoms with E-state index in [4.69, 9.17) is 0 Å². The normalized spacial score (nSPS) is 11.5. The molecule has 0 unspecified atom stereocenters. The van der Waals surface area contributed by atoms with Crippen LogP contribution in [0.1, 0.15) is 5.56 Å². The number of esters is 1. The van der Waals surface area contributed by atoms with Crippen LogP contribution in [-0.2, 0) is 20.7 Å². The van der Waals surface area contributed by atoms with Crippen LogP contribution in [0.5, 0.6) is 11.5 Å². The van der Waals surface area contributed by atoms with Crippen LogP contribution in [-0.4, -0.2) is 42.5 Å². The molecule has 0 aliphatic heterocycles. The first-order valence-electron chi connectivity index (χ1n) is 5.41. The summed E-state index contributed by atoms with van der Waals surface area (Å²) in [5.74, 6) is -1.21. The minimum atomic E-state index is -0.943. The summed E-state index contributed by atoms with van der Waals surface area (Å²) >= 11 is 0. The van der Waals surface area contributed by atoms with E-state index in [0.717, 1.165) is 0 Å². The summed E-state index contributed by atoms with van der Waals surface area (Å²) in [5, 5.41) is 20.9. The van der Waals surface area contributed by atoms with Crippen molar-refractivity contribution in [1.29, 1.82) is 0 Å². The molecule has 7 heteroatoms. The molecule has 0 heterocycles. The highest BCUT2D eigenvalue weighted by Gasteiger charge is 2.22. The molecular weight excluding hydrogens is 254 g/mol. The number of hydrogen-bond donors (Lipinski definition) is 3. The number of carbonyl (C=O) groups is 2. The number of nitrogens with one attached hydrogen (secondary N) is 1. The van der Waals surface area contributed by atoms with Gasteiger partial charge >= 0.3 is 12.1 Å². The van der Waals surface area contributed by atoms with Crippen LogP contribution in [0.2, 0.25) is 0 Å². The van der Waals surface area contributed by atoms with Gasteiger partial charge in [0.1, 0.15) is 6.04 Å². The van der Waals surface area contributed by atoms with E-state index in [1.807, 2.05) is 0 Å². The zero-order chi connectivity index (χ0) is 14.4. The predicted octanol–water partition coefficient (Wildman–Crippen LogP) is 0.538.